The summed E-state index contributed by atoms with van der Waals surface area (Å²) in [6, 6.07) is 6.88. The zero-order valence-corrected chi connectivity index (χ0v) is 10.2. The van der Waals surface area contributed by atoms with Gasteiger partial charge in [-0.15, -0.1) is 16.9 Å². The van der Waals surface area contributed by atoms with Crippen molar-refractivity contribution in [2.75, 3.05) is 6.26 Å². The molecule has 2 rings (SSSR count). The number of nitrogens with zero attached hydrogens (tertiary/aromatic N) is 4. The largest absolute Gasteiger partial charge is 0.478 e. The van der Waals surface area contributed by atoms with Crippen LogP contribution < -0.4 is 0 Å². The topological polar surface area (TPSA) is 91.8 Å². The van der Waals surface area contributed by atoms with Crippen molar-refractivity contribution in [3.05, 3.63) is 35.9 Å². The molecule has 0 atom stereocenters. The van der Waals surface area contributed by atoms with Crippen LogP contribution in [0.15, 0.2) is 29.4 Å². The first-order chi connectivity index (χ1) is 8.67. The minimum absolute atomic E-state index is 0.000827. The molecule has 0 unspecified atom stereocenters. The number of aromatic carboxylic acids is 1. The Hall–Kier alpha value is -2.33. The number of nitriles is 1. The number of hydrogen-bond acceptors (Lipinski definition) is 5. The lowest BCUT2D eigenvalue weighted by Gasteiger charge is -2.08. The predicted octanol–water partition coefficient (Wildman–Crippen LogP) is 1.56. The number of carboxylic acid groups (broad SMARTS) is 1. The molecule has 1 N–H and O–H groups in total. The van der Waals surface area contributed by atoms with Crippen LogP contribution >= 0.6 is 11.8 Å². The van der Waals surface area contributed by atoms with Crippen LogP contribution in [0.3, 0.4) is 0 Å². The molecule has 7 heteroatoms. The van der Waals surface area contributed by atoms with E-state index >= 15 is 0 Å². The van der Waals surface area contributed by atoms with Gasteiger partial charge >= 0.3 is 5.97 Å². The number of carbonyl (C=O) groups is 1. The highest BCUT2D eigenvalue weighted by molar-refractivity contribution is 7.98. The smallest absolute Gasteiger partial charge is 0.339 e. The summed E-state index contributed by atoms with van der Waals surface area (Å²) in [6.07, 6.45) is 3.12. The van der Waals surface area contributed by atoms with Crippen LogP contribution in [-0.2, 0) is 0 Å². The molecule has 0 fully saturated rings. The lowest BCUT2D eigenvalue weighted by atomic mass is 10.2. The molecule has 0 saturated heterocycles. The Bertz CT molecular complexity index is 645. The van der Waals surface area contributed by atoms with Crippen LogP contribution in [0.4, 0.5) is 0 Å². The van der Waals surface area contributed by atoms with Gasteiger partial charge in [-0.1, -0.05) is 6.07 Å². The molecule has 90 valence electrons. The second kappa shape index (κ2) is 4.89. The fourth-order valence-corrected chi connectivity index (χ4v) is 2.14. The summed E-state index contributed by atoms with van der Waals surface area (Å²) in [7, 11) is 0. The molecule has 1 heterocycles. The molecule has 18 heavy (non-hydrogen) atoms. The summed E-state index contributed by atoms with van der Waals surface area (Å²) >= 11 is 1.34. The third kappa shape index (κ3) is 2.06. The summed E-state index contributed by atoms with van der Waals surface area (Å²) in [6.45, 7) is 0. The standard InChI is InChI=1S/C11H8N4O2S/c1-18-8-4-2-3-7(10(8)11(16)17)15-6-13-9(5-12)14-15/h2-4,6H,1H3,(H,16,17). The Labute approximate surface area is 107 Å². The Morgan fingerprint density at radius 3 is 2.89 bits per heavy atom. The van der Waals surface area contributed by atoms with E-state index in [0.29, 0.717) is 10.6 Å². The van der Waals surface area contributed by atoms with E-state index < -0.39 is 5.97 Å². The van der Waals surface area contributed by atoms with Gasteiger partial charge in [-0.3, -0.25) is 0 Å². The fourth-order valence-electron chi connectivity index (χ4n) is 1.53. The van der Waals surface area contributed by atoms with Crippen LogP contribution in [0.5, 0.6) is 0 Å². The van der Waals surface area contributed by atoms with Crippen molar-refractivity contribution in [2.45, 2.75) is 4.90 Å². The van der Waals surface area contributed by atoms with E-state index in [9.17, 15) is 9.90 Å². The van der Waals surface area contributed by atoms with E-state index in [1.807, 2.05) is 0 Å². The van der Waals surface area contributed by atoms with Crippen molar-refractivity contribution in [1.29, 1.82) is 5.26 Å². The van der Waals surface area contributed by atoms with E-state index in [-0.39, 0.29) is 11.4 Å². The molecule has 0 saturated carbocycles. The van der Waals surface area contributed by atoms with E-state index in [0.717, 1.165) is 0 Å². The number of aromatic nitrogens is 3. The average molecular weight is 260 g/mol. The Morgan fingerprint density at radius 2 is 2.33 bits per heavy atom. The molecule has 1 aromatic carbocycles. The molecule has 0 aliphatic rings. The van der Waals surface area contributed by atoms with Crippen LogP contribution in [0.1, 0.15) is 16.2 Å². The van der Waals surface area contributed by atoms with Gasteiger partial charge in [-0.25, -0.2) is 14.5 Å². The first kappa shape index (κ1) is 12.1. The molecule has 2 aromatic rings. The second-order valence-electron chi connectivity index (χ2n) is 3.28. The van der Waals surface area contributed by atoms with Gasteiger partial charge in [0, 0.05) is 4.90 Å². The highest BCUT2D eigenvalue weighted by Gasteiger charge is 2.17. The molecule has 0 radical (unpaired) electrons. The minimum atomic E-state index is -1.04. The van der Waals surface area contributed by atoms with E-state index in [1.165, 1.54) is 22.8 Å². The molecular weight excluding hydrogens is 252 g/mol. The Balaban J connectivity index is 2.64. The highest BCUT2D eigenvalue weighted by atomic mass is 32.2. The maximum Gasteiger partial charge on any atom is 0.339 e. The lowest BCUT2D eigenvalue weighted by molar-refractivity contribution is 0.0693. The van der Waals surface area contributed by atoms with Gasteiger partial charge in [0.15, 0.2) is 0 Å². The molecule has 0 amide bonds. The molecule has 1 aromatic heterocycles. The molecule has 6 nitrogen and oxygen atoms in total. The van der Waals surface area contributed by atoms with Gasteiger partial charge in [0.05, 0.1) is 11.3 Å². The molecule has 0 bridgehead atoms. The van der Waals surface area contributed by atoms with Crippen LogP contribution in [0, 0.1) is 11.3 Å². The maximum atomic E-state index is 11.3. The van der Waals surface area contributed by atoms with Crippen LogP contribution in [0.25, 0.3) is 5.69 Å². The SMILES string of the molecule is CSc1cccc(-n2cnc(C#N)n2)c1C(=O)O. The number of rotatable bonds is 3. The number of carboxylic acids is 1. The first-order valence-corrected chi connectivity index (χ1v) is 6.12. The Kier molecular flexibility index (Phi) is 3.30. The van der Waals surface area contributed by atoms with Crippen molar-refractivity contribution in [3.63, 3.8) is 0 Å². The van der Waals surface area contributed by atoms with Crippen molar-refractivity contribution < 1.29 is 9.90 Å². The molecule has 0 spiro atoms. The van der Waals surface area contributed by atoms with Gasteiger partial charge in [0.2, 0.25) is 0 Å². The van der Waals surface area contributed by atoms with Gasteiger partial charge in [0.25, 0.3) is 5.82 Å². The van der Waals surface area contributed by atoms with Gasteiger partial charge < -0.3 is 5.11 Å². The summed E-state index contributed by atoms with van der Waals surface area (Å²) in [5, 5.41) is 21.8. The van der Waals surface area contributed by atoms with Crippen LogP contribution in [0.2, 0.25) is 0 Å². The monoisotopic (exact) mass is 260 g/mol. The second-order valence-corrected chi connectivity index (χ2v) is 4.13. The van der Waals surface area contributed by atoms with Crippen molar-refractivity contribution in [3.8, 4) is 11.8 Å². The van der Waals surface area contributed by atoms with Crippen molar-refractivity contribution >= 4 is 17.7 Å². The van der Waals surface area contributed by atoms with Gasteiger partial charge in [0.1, 0.15) is 12.4 Å². The van der Waals surface area contributed by atoms with E-state index in [2.05, 4.69) is 10.1 Å². The van der Waals surface area contributed by atoms with Crippen molar-refractivity contribution in [2.24, 2.45) is 0 Å². The molecule has 0 aliphatic heterocycles. The van der Waals surface area contributed by atoms with Gasteiger partial charge in [-0.2, -0.15) is 5.26 Å². The third-order valence-electron chi connectivity index (χ3n) is 2.28. The van der Waals surface area contributed by atoms with Crippen molar-refractivity contribution in [1.82, 2.24) is 14.8 Å². The maximum absolute atomic E-state index is 11.3. The number of hydrogen-bond donors (Lipinski definition) is 1. The first-order valence-electron chi connectivity index (χ1n) is 4.89. The van der Waals surface area contributed by atoms with Crippen LogP contribution in [-0.4, -0.2) is 32.1 Å². The fraction of sp³-hybridized carbons (Fsp3) is 0.0909. The zero-order chi connectivity index (χ0) is 13.1. The Morgan fingerprint density at radius 1 is 1.56 bits per heavy atom. The zero-order valence-electron chi connectivity index (χ0n) is 9.36. The lowest BCUT2D eigenvalue weighted by Crippen LogP contribution is -2.07. The number of benzene rings is 1. The highest BCUT2D eigenvalue weighted by Crippen LogP contribution is 2.25. The quantitative estimate of drug-likeness (QED) is 0.842. The summed E-state index contributed by atoms with van der Waals surface area (Å²) < 4.78 is 1.29. The average Bonchev–Trinajstić information content (AvgIpc) is 2.86. The predicted molar refractivity (Wildman–Crippen MR) is 64.8 cm³/mol. The third-order valence-corrected chi connectivity index (χ3v) is 3.06. The van der Waals surface area contributed by atoms with Gasteiger partial charge in [-0.05, 0) is 18.4 Å². The summed E-state index contributed by atoms with van der Waals surface area (Å²) in [5.41, 5.74) is 0.544. The molecule has 0 aliphatic carbocycles. The summed E-state index contributed by atoms with van der Waals surface area (Å²) in [5.74, 6) is -1.04. The normalized spacial score (nSPS) is 10.0. The molecular formula is C11H8N4O2S. The number of thioether (sulfide) groups is 1. The summed E-state index contributed by atoms with van der Waals surface area (Å²) in [4.78, 5) is 15.7. The van der Waals surface area contributed by atoms with E-state index in [4.69, 9.17) is 5.26 Å². The minimum Gasteiger partial charge on any atom is -0.478 e. The van der Waals surface area contributed by atoms with E-state index in [1.54, 1.807) is 30.5 Å².